The second kappa shape index (κ2) is 5.31. The molecule has 6 nitrogen and oxygen atoms in total. The van der Waals surface area contributed by atoms with Gasteiger partial charge in [-0.05, 0) is 12.1 Å². The Bertz CT molecular complexity index is 538. The third-order valence-electron chi connectivity index (χ3n) is 2.44. The molecule has 0 aliphatic rings. The summed E-state index contributed by atoms with van der Waals surface area (Å²) >= 11 is 0. The predicted molar refractivity (Wildman–Crippen MR) is 63.5 cm³/mol. The van der Waals surface area contributed by atoms with Crippen molar-refractivity contribution < 1.29 is 14.3 Å². The maximum atomic E-state index is 11.4. The number of carbonyl (C=O) groups excluding carboxylic acids is 1. The maximum Gasteiger partial charge on any atom is 0.339 e. The number of pyridine rings is 1. The molecule has 0 aliphatic carbocycles. The van der Waals surface area contributed by atoms with Gasteiger partial charge in [0.05, 0.1) is 26.3 Å². The highest BCUT2D eigenvalue weighted by Crippen LogP contribution is 2.18. The lowest BCUT2D eigenvalue weighted by molar-refractivity contribution is 0.0600. The summed E-state index contributed by atoms with van der Waals surface area (Å²) in [5.74, 6) is 0.0971. The van der Waals surface area contributed by atoms with E-state index in [0.717, 1.165) is 0 Å². The van der Waals surface area contributed by atoms with Crippen molar-refractivity contribution in [2.45, 2.75) is 6.54 Å². The Morgan fingerprint density at radius 2 is 2.28 bits per heavy atom. The summed E-state index contributed by atoms with van der Waals surface area (Å²) in [7, 11) is 2.86. The number of carbonyl (C=O) groups is 1. The molecule has 0 spiro atoms. The first-order chi connectivity index (χ1) is 8.74. The normalized spacial score (nSPS) is 10.1. The Kier molecular flexibility index (Phi) is 3.57. The van der Waals surface area contributed by atoms with Crippen molar-refractivity contribution in [3.8, 4) is 5.75 Å². The smallest absolute Gasteiger partial charge is 0.339 e. The summed E-state index contributed by atoms with van der Waals surface area (Å²) in [5.41, 5.74) is 1.06. The molecule has 2 aromatic rings. The minimum Gasteiger partial charge on any atom is -0.495 e. The quantitative estimate of drug-likeness (QED) is 0.757. The van der Waals surface area contributed by atoms with Gasteiger partial charge in [0.25, 0.3) is 0 Å². The van der Waals surface area contributed by atoms with Crippen molar-refractivity contribution in [2.75, 3.05) is 14.2 Å². The largest absolute Gasteiger partial charge is 0.495 e. The molecule has 0 aromatic carbocycles. The zero-order valence-electron chi connectivity index (χ0n) is 10.2. The molecule has 94 valence electrons. The van der Waals surface area contributed by atoms with Gasteiger partial charge >= 0.3 is 5.97 Å². The van der Waals surface area contributed by atoms with Gasteiger partial charge in [0.1, 0.15) is 11.4 Å². The third-order valence-corrected chi connectivity index (χ3v) is 2.44. The van der Waals surface area contributed by atoms with Crippen LogP contribution < -0.4 is 4.74 Å². The Morgan fingerprint density at radius 3 is 2.89 bits per heavy atom. The molecule has 2 aromatic heterocycles. The average molecular weight is 247 g/mol. The number of methoxy groups -OCH3 is 2. The van der Waals surface area contributed by atoms with Gasteiger partial charge in [-0.2, -0.15) is 5.10 Å². The fraction of sp³-hybridized carbons (Fsp3) is 0.250. The van der Waals surface area contributed by atoms with E-state index in [1.807, 2.05) is 12.3 Å². The van der Waals surface area contributed by atoms with E-state index in [4.69, 9.17) is 4.74 Å². The van der Waals surface area contributed by atoms with E-state index in [1.54, 1.807) is 16.9 Å². The number of aromatic nitrogens is 3. The molecular weight excluding hydrogens is 234 g/mol. The highest BCUT2D eigenvalue weighted by Gasteiger charge is 2.12. The Balaban J connectivity index is 2.28. The molecule has 0 amide bonds. The van der Waals surface area contributed by atoms with E-state index in [1.165, 1.54) is 20.4 Å². The van der Waals surface area contributed by atoms with Crippen LogP contribution in [-0.2, 0) is 11.3 Å². The van der Waals surface area contributed by atoms with Crippen LogP contribution in [0.15, 0.2) is 30.7 Å². The third kappa shape index (κ3) is 2.48. The topological polar surface area (TPSA) is 66.2 Å². The summed E-state index contributed by atoms with van der Waals surface area (Å²) in [6.45, 7) is 0.484. The Morgan fingerprint density at radius 1 is 1.44 bits per heavy atom. The van der Waals surface area contributed by atoms with Crippen LogP contribution in [0.25, 0.3) is 0 Å². The number of esters is 1. The standard InChI is InChI=1S/C12H13N3O3/c1-17-11-6-9(12(16)18-2)7-13-10(11)8-15-5-3-4-14-15/h3-7H,8H2,1-2H3. The number of rotatable bonds is 4. The molecule has 0 unspecified atom stereocenters. The monoisotopic (exact) mass is 247 g/mol. The molecule has 18 heavy (non-hydrogen) atoms. The average Bonchev–Trinajstić information content (AvgIpc) is 2.91. The summed E-state index contributed by atoms with van der Waals surface area (Å²) < 4.78 is 11.6. The predicted octanol–water partition coefficient (Wildman–Crippen LogP) is 1.12. The van der Waals surface area contributed by atoms with Crippen LogP contribution in [0.4, 0.5) is 0 Å². The summed E-state index contributed by atoms with van der Waals surface area (Å²) in [6.07, 6.45) is 4.98. The molecular formula is C12H13N3O3. The number of hydrogen-bond acceptors (Lipinski definition) is 5. The van der Waals surface area contributed by atoms with Crippen LogP contribution in [0.3, 0.4) is 0 Å². The van der Waals surface area contributed by atoms with Gasteiger partial charge in [-0.3, -0.25) is 9.67 Å². The zero-order chi connectivity index (χ0) is 13.0. The van der Waals surface area contributed by atoms with E-state index in [0.29, 0.717) is 23.6 Å². The molecule has 0 saturated heterocycles. The first-order valence-electron chi connectivity index (χ1n) is 5.33. The molecule has 2 rings (SSSR count). The second-order valence-corrected chi connectivity index (χ2v) is 3.57. The van der Waals surface area contributed by atoms with Crippen molar-refractivity contribution in [3.63, 3.8) is 0 Å². The summed E-state index contributed by atoms with van der Waals surface area (Å²) in [4.78, 5) is 15.6. The highest BCUT2D eigenvalue weighted by atomic mass is 16.5. The van der Waals surface area contributed by atoms with E-state index >= 15 is 0 Å². The van der Waals surface area contributed by atoms with Crippen molar-refractivity contribution >= 4 is 5.97 Å². The zero-order valence-corrected chi connectivity index (χ0v) is 10.2. The van der Waals surface area contributed by atoms with Gasteiger partial charge in [-0.25, -0.2) is 4.79 Å². The van der Waals surface area contributed by atoms with Crippen LogP contribution in [0.5, 0.6) is 5.75 Å². The van der Waals surface area contributed by atoms with Crippen LogP contribution in [0.2, 0.25) is 0 Å². The van der Waals surface area contributed by atoms with Gasteiger partial charge in [0.2, 0.25) is 0 Å². The van der Waals surface area contributed by atoms with Crippen molar-refractivity contribution in [1.29, 1.82) is 0 Å². The number of ether oxygens (including phenoxy) is 2. The Hall–Kier alpha value is -2.37. The van der Waals surface area contributed by atoms with Crippen molar-refractivity contribution in [2.24, 2.45) is 0 Å². The van der Waals surface area contributed by atoms with Gasteiger partial charge in [-0.15, -0.1) is 0 Å². The number of hydrogen-bond donors (Lipinski definition) is 0. The SMILES string of the molecule is COC(=O)c1cnc(Cn2cccn2)c(OC)c1. The first kappa shape index (κ1) is 12.1. The molecule has 0 bridgehead atoms. The molecule has 0 N–H and O–H groups in total. The van der Waals surface area contributed by atoms with Gasteiger partial charge < -0.3 is 9.47 Å². The van der Waals surface area contributed by atoms with Gasteiger partial charge in [0, 0.05) is 18.6 Å². The van der Waals surface area contributed by atoms with Crippen LogP contribution in [0.1, 0.15) is 16.1 Å². The van der Waals surface area contributed by atoms with Crippen LogP contribution >= 0.6 is 0 Å². The van der Waals surface area contributed by atoms with E-state index in [2.05, 4.69) is 14.8 Å². The summed E-state index contributed by atoms with van der Waals surface area (Å²) in [5, 5.41) is 4.09. The highest BCUT2D eigenvalue weighted by molar-refractivity contribution is 5.89. The molecule has 0 radical (unpaired) electrons. The maximum absolute atomic E-state index is 11.4. The molecule has 2 heterocycles. The lowest BCUT2D eigenvalue weighted by Gasteiger charge is -2.09. The van der Waals surface area contributed by atoms with Gasteiger partial charge in [0.15, 0.2) is 0 Å². The minimum atomic E-state index is -0.438. The van der Waals surface area contributed by atoms with E-state index < -0.39 is 5.97 Å². The van der Waals surface area contributed by atoms with Crippen LogP contribution in [0, 0.1) is 0 Å². The number of nitrogens with zero attached hydrogens (tertiary/aromatic N) is 3. The fourth-order valence-electron chi connectivity index (χ4n) is 1.55. The molecule has 0 fully saturated rings. The van der Waals surface area contributed by atoms with Crippen molar-refractivity contribution in [3.05, 3.63) is 42.0 Å². The van der Waals surface area contributed by atoms with Gasteiger partial charge in [-0.1, -0.05) is 0 Å². The van der Waals surface area contributed by atoms with E-state index in [9.17, 15) is 4.79 Å². The molecule has 6 heteroatoms. The minimum absolute atomic E-state index is 0.360. The lowest BCUT2D eigenvalue weighted by atomic mass is 10.2. The van der Waals surface area contributed by atoms with Crippen molar-refractivity contribution in [1.82, 2.24) is 14.8 Å². The second-order valence-electron chi connectivity index (χ2n) is 3.57. The lowest BCUT2D eigenvalue weighted by Crippen LogP contribution is -2.08. The van der Waals surface area contributed by atoms with Crippen LogP contribution in [-0.4, -0.2) is 35.0 Å². The fourth-order valence-corrected chi connectivity index (χ4v) is 1.55. The Labute approximate surface area is 104 Å². The first-order valence-corrected chi connectivity index (χ1v) is 5.33. The molecule has 0 aliphatic heterocycles. The van der Waals surface area contributed by atoms with E-state index in [-0.39, 0.29) is 0 Å². The molecule has 0 saturated carbocycles. The molecule has 0 atom stereocenters. The summed E-state index contributed by atoms with van der Waals surface area (Å²) in [6, 6.07) is 3.44.